The predicted octanol–water partition coefficient (Wildman–Crippen LogP) is 0.966. The summed E-state index contributed by atoms with van der Waals surface area (Å²) in [5.41, 5.74) is 0.898. The van der Waals surface area contributed by atoms with E-state index >= 15 is 0 Å². The number of rotatable bonds is 10. The second kappa shape index (κ2) is 11.1. The van der Waals surface area contributed by atoms with Crippen LogP contribution in [-0.4, -0.2) is 50.3 Å². The third kappa shape index (κ3) is 6.88. The molecule has 0 aromatic heterocycles. The van der Waals surface area contributed by atoms with E-state index in [2.05, 4.69) is 10.6 Å². The average Bonchev–Trinajstić information content (AvgIpc) is 2.66. The predicted molar refractivity (Wildman–Crippen MR) is 108 cm³/mol. The van der Waals surface area contributed by atoms with E-state index in [1.54, 1.807) is 43.4 Å². The third-order valence-electron chi connectivity index (χ3n) is 4.65. The van der Waals surface area contributed by atoms with Gasteiger partial charge in [-0.1, -0.05) is 32.9 Å². The number of benzene rings is 1. The molecule has 0 bridgehead atoms. The molecule has 1 aromatic carbocycles. The van der Waals surface area contributed by atoms with Gasteiger partial charge in [0.25, 0.3) is 5.91 Å². The topological polar surface area (TPSA) is 112 Å². The number of imide groups is 1. The summed E-state index contributed by atoms with van der Waals surface area (Å²) in [5.74, 6) is -0.381. The SMILES string of the molecule is CC[C@H](C)NC(=O)NC(=O)C[NH2+][C@@H](C)c1ccc(S(=O)(=O)N(CC)CC)cc1. The first-order valence-corrected chi connectivity index (χ1v) is 11.1. The molecule has 0 aliphatic rings. The number of carbonyl (C=O) groups is 2. The van der Waals surface area contributed by atoms with Crippen LogP contribution in [0.4, 0.5) is 4.79 Å². The quantitative estimate of drug-likeness (QED) is 0.530. The van der Waals surface area contributed by atoms with Gasteiger partial charge in [0, 0.05) is 24.7 Å². The molecule has 4 N–H and O–H groups in total. The minimum atomic E-state index is -3.48. The van der Waals surface area contributed by atoms with Gasteiger partial charge in [0.2, 0.25) is 10.0 Å². The largest absolute Gasteiger partial charge is 0.335 e. The first-order chi connectivity index (χ1) is 13.1. The normalized spacial score (nSPS) is 13.8. The lowest BCUT2D eigenvalue weighted by molar-refractivity contribution is -0.682. The Balaban J connectivity index is 2.63. The van der Waals surface area contributed by atoms with Gasteiger partial charge >= 0.3 is 6.03 Å². The smallest absolute Gasteiger partial charge is 0.321 e. The molecule has 9 heteroatoms. The van der Waals surface area contributed by atoms with Gasteiger partial charge in [-0.25, -0.2) is 13.2 Å². The number of sulfonamides is 1. The summed E-state index contributed by atoms with van der Waals surface area (Å²) in [6.45, 7) is 10.3. The fraction of sp³-hybridized carbons (Fsp3) is 0.579. The molecule has 0 unspecified atom stereocenters. The number of hydrogen-bond acceptors (Lipinski definition) is 4. The van der Waals surface area contributed by atoms with Gasteiger partial charge < -0.3 is 10.6 Å². The summed E-state index contributed by atoms with van der Waals surface area (Å²) in [7, 11) is -3.48. The summed E-state index contributed by atoms with van der Waals surface area (Å²) in [5, 5.41) is 6.77. The van der Waals surface area contributed by atoms with E-state index in [4.69, 9.17) is 0 Å². The monoisotopic (exact) mass is 413 g/mol. The molecule has 0 spiro atoms. The van der Waals surface area contributed by atoms with Crippen LogP contribution in [0.5, 0.6) is 0 Å². The van der Waals surface area contributed by atoms with Crippen molar-refractivity contribution in [1.29, 1.82) is 0 Å². The highest BCUT2D eigenvalue weighted by atomic mass is 32.2. The van der Waals surface area contributed by atoms with Crippen molar-refractivity contribution in [2.45, 2.75) is 58.0 Å². The zero-order chi connectivity index (χ0) is 21.3. The van der Waals surface area contributed by atoms with Crippen LogP contribution in [0.25, 0.3) is 0 Å². The highest BCUT2D eigenvalue weighted by Gasteiger charge is 2.22. The third-order valence-corrected chi connectivity index (χ3v) is 6.71. The summed E-state index contributed by atoms with van der Waals surface area (Å²) < 4.78 is 26.4. The summed E-state index contributed by atoms with van der Waals surface area (Å²) in [6, 6.07) is 6.14. The van der Waals surface area contributed by atoms with E-state index in [0.717, 1.165) is 12.0 Å². The van der Waals surface area contributed by atoms with Crippen molar-refractivity contribution >= 4 is 22.0 Å². The minimum Gasteiger partial charge on any atom is -0.335 e. The Morgan fingerprint density at radius 3 is 2.14 bits per heavy atom. The van der Waals surface area contributed by atoms with E-state index in [1.165, 1.54) is 4.31 Å². The number of carbonyl (C=O) groups excluding carboxylic acids is 2. The molecule has 158 valence electrons. The van der Waals surface area contributed by atoms with E-state index in [9.17, 15) is 18.0 Å². The lowest BCUT2D eigenvalue weighted by Crippen LogP contribution is -2.87. The summed E-state index contributed by atoms with van der Waals surface area (Å²) >= 11 is 0. The Bertz CT molecular complexity index is 746. The second-order valence-corrected chi connectivity index (χ2v) is 8.66. The van der Waals surface area contributed by atoms with E-state index in [1.807, 2.05) is 20.8 Å². The van der Waals surface area contributed by atoms with E-state index in [-0.39, 0.29) is 29.4 Å². The maximum absolute atomic E-state index is 12.5. The van der Waals surface area contributed by atoms with Crippen LogP contribution in [0.3, 0.4) is 0 Å². The number of nitrogens with zero attached hydrogens (tertiary/aromatic N) is 1. The van der Waals surface area contributed by atoms with Gasteiger partial charge in [0.1, 0.15) is 6.04 Å². The molecular weight excluding hydrogens is 380 g/mol. The molecule has 0 aliphatic heterocycles. The number of amides is 3. The number of urea groups is 1. The van der Waals surface area contributed by atoms with Crippen molar-refractivity contribution in [2.24, 2.45) is 0 Å². The number of nitrogens with one attached hydrogen (secondary N) is 2. The Kier molecular flexibility index (Phi) is 9.57. The Labute approximate surface area is 168 Å². The zero-order valence-corrected chi connectivity index (χ0v) is 18.2. The maximum atomic E-state index is 12.5. The minimum absolute atomic E-state index is 0.00170. The molecule has 0 aliphatic carbocycles. The second-order valence-electron chi connectivity index (χ2n) is 6.72. The van der Waals surface area contributed by atoms with Crippen molar-refractivity contribution < 1.29 is 23.3 Å². The Hall–Kier alpha value is -1.97. The molecular formula is C19H33N4O4S+. The molecule has 0 saturated carbocycles. The molecule has 28 heavy (non-hydrogen) atoms. The van der Waals surface area contributed by atoms with Gasteiger partial charge in [-0.2, -0.15) is 4.31 Å². The van der Waals surface area contributed by atoms with Crippen LogP contribution in [0.2, 0.25) is 0 Å². The average molecular weight is 414 g/mol. The van der Waals surface area contributed by atoms with Crippen LogP contribution in [-0.2, 0) is 14.8 Å². The van der Waals surface area contributed by atoms with Gasteiger partial charge in [-0.3, -0.25) is 10.1 Å². The molecule has 1 rings (SSSR count). The molecule has 0 saturated heterocycles. The fourth-order valence-electron chi connectivity index (χ4n) is 2.62. The van der Waals surface area contributed by atoms with E-state index < -0.39 is 16.1 Å². The van der Waals surface area contributed by atoms with Crippen LogP contribution >= 0.6 is 0 Å². The van der Waals surface area contributed by atoms with Crippen molar-refractivity contribution in [3.05, 3.63) is 29.8 Å². The van der Waals surface area contributed by atoms with Gasteiger partial charge in [-0.05, 0) is 32.4 Å². The van der Waals surface area contributed by atoms with Crippen molar-refractivity contribution in [1.82, 2.24) is 14.9 Å². The fourth-order valence-corrected chi connectivity index (χ4v) is 4.07. The number of hydrogen-bond donors (Lipinski definition) is 3. The molecule has 0 fully saturated rings. The lowest BCUT2D eigenvalue weighted by Gasteiger charge is -2.19. The Morgan fingerprint density at radius 2 is 1.64 bits per heavy atom. The molecule has 1 aromatic rings. The van der Waals surface area contributed by atoms with Gasteiger partial charge in [0.15, 0.2) is 6.54 Å². The first-order valence-electron chi connectivity index (χ1n) is 9.69. The highest BCUT2D eigenvalue weighted by molar-refractivity contribution is 7.89. The van der Waals surface area contributed by atoms with Gasteiger partial charge in [-0.15, -0.1) is 0 Å². The summed E-state index contributed by atoms with van der Waals surface area (Å²) in [6.07, 6.45) is 0.782. The van der Waals surface area contributed by atoms with E-state index in [0.29, 0.717) is 13.1 Å². The van der Waals surface area contributed by atoms with Crippen molar-refractivity contribution in [3.63, 3.8) is 0 Å². The highest BCUT2D eigenvalue weighted by Crippen LogP contribution is 2.18. The van der Waals surface area contributed by atoms with Crippen molar-refractivity contribution in [2.75, 3.05) is 19.6 Å². The van der Waals surface area contributed by atoms with Crippen LogP contribution in [0, 0.1) is 0 Å². The maximum Gasteiger partial charge on any atom is 0.321 e. The molecule has 0 radical (unpaired) electrons. The van der Waals surface area contributed by atoms with Crippen LogP contribution in [0.1, 0.15) is 52.6 Å². The van der Waals surface area contributed by atoms with Crippen molar-refractivity contribution in [3.8, 4) is 0 Å². The zero-order valence-electron chi connectivity index (χ0n) is 17.4. The molecule has 8 nitrogen and oxygen atoms in total. The van der Waals surface area contributed by atoms with Crippen LogP contribution in [0.15, 0.2) is 29.2 Å². The Morgan fingerprint density at radius 1 is 1.07 bits per heavy atom. The summed E-state index contributed by atoms with van der Waals surface area (Å²) in [4.78, 5) is 23.8. The van der Waals surface area contributed by atoms with Crippen LogP contribution < -0.4 is 16.0 Å². The lowest BCUT2D eigenvalue weighted by atomic mass is 10.1. The molecule has 3 amide bonds. The van der Waals surface area contributed by atoms with Gasteiger partial charge in [0.05, 0.1) is 4.90 Å². The first kappa shape index (κ1) is 24.1. The number of quaternary nitrogens is 1. The molecule has 0 heterocycles. The molecule has 2 atom stereocenters. The number of nitrogens with two attached hydrogens (primary N) is 1. The standard InChI is InChI=1S/C19H32N4O4S/c1-6-14(4)21-19(25)22-18(24)13-20-15(5)16-9-11-17(12-10-16)28(26,27)23(7-2)8-3/h9-12,14-15,20H,6-8,13H2,1-5H3,(H2,21,22,24,25)/p+1/t14-,15-/m0/s1.